The molecule has 0 fully saturated rings. The first kappa shape index (κ1) is 19.6. The molecule has 0 saturated carbocycles. The molecule has 1 N–H and O–H groups in total. The predicted octanol–water partition coefficient (Wildman–Crippen LogP) is 2.57. The Morgan fingerprint density at radius 2 is 2.04 bits per heavy atom. The molecule has 1 amide bonds. The Morgan fingerprint density at radius 1 is 1.25 bits per heavy atom. The van der Waals surface area contributed by atoms with Crippen LogP contribution >= 0.6 is 0 Å². The number of aryl methyl sites for hydroxylation is 2. The highest BCUT2D eigenvalue weighted by Crippen LogP contribution is 2.29. The lowest BCUT2D eigenvalue weighted by molar-refractivity contribution is -0.121. The van der Waals surface area contributed by atoms with E-state index in [2.05, 4.69) is 20.4 Å². The van der Waals surface area contributed by atoms with Crippen LogP contribution in [0.2, 0.25) is 0 Å². The van der Waals surface area contributed by atoms with E-state index >= 15 is 0 Å². The van der Waals surface area contributed by atoms with Crippen LogP contribution in [0.15, 0.2) is 24.5 Å². The average molecular weight is 383 g/mol. The van der Waals surface area contributed by atoms with Gasteiger partial charge >= 0.3 is 0 Å². The maximum Gasteiger partial charge on any atom is 0.252 e. The first-order chi connectivity index (χ1) is 13.4. The van der Waals surface area contributed by atoms with Crippen LogP contribution in [-0.2, 0) is 11.2 Å². The Bertz CT molecular complexity index is 999. The minimum Gasteiger partial charge on any atom is -0.497 e. The minimum absolute atomic E-state index is 0.0464. The van der Waals surface area contributed by atoms with Gasteiger partial charge in [0.1, 0.15) is 17.8 Å². The predicted molar refractivity (Wildman–Crippen MR) is 105 cm³/mol. The lowest BCUT2D eigenvalue weighted by Crippen LogP contribution is -2.27. The highest BCUT2D eigenvalue weighted by Gasteiger charge is 2.17. The maximum atomic E-state index is 12.6. The number of methoxy groups -OCH3 is 2. The Morgan fingerprint density at radius 3 is 2.75 bits per heavy atom. The lowest BCUT2D eigenvalue weighted by Gasteiger charge is -2.18. The molecular formula is C20H25N5O3. The first-order valence-electron chi connectivity index (χ1n) is 9.11. The number of rotatable bonds is 7. The van der Waals surface area contributed by atoms with E-state index in [-0.39, 0.29) is 11.9 Å². The third-order valence-corrected chi connectivity index (χ3v) is 4.87. The van der Waals surface area contributed by atoms with E-state index in [0.29, 0.717) is 24.4 Å². The van der Waals surface area contributed by atoms with Crippen LogP contribution in [0.5, 0.6) is 11.5 Å². The monoisotopic (exact) mass is 383 g/mol. The minimum atomic E-state index is -0.212. The Labute approximate surface area is 163 Å². The van der Waals surface area contributed by atoms with Gasteiger partial charge in [-0.15, -0.1) is 0 Å². The van der Waals surface area contributed by atoms with Crippen LogP contribution in [0.1, 0.15) is 41.9 Å². The molecule has 3 rings (SSSR count). The van der Waals surface area contributed by atoms with Gasteiger partial charge in [-0.3, -0.25) is 4.79 Å². The number of hydrogen-bond donors (Lipinski definition) is 1. The van der Waals surface area contributed by atoms with Gasteiger partial charge in [-0.25, -0.2) is 9.50 Å². The molecule has 0 saturated heterocycles. The zero-order chi connectivity index (χ0) is 20.3. The van der Waals surface area contributed by atoms with Gasteiger partial charge in [-0.1, -0.05) is 0 Å². The number of nitrogens with zero attached hydrogens (tertiary/aromatic N) is 4. The van der Waals surface area contributed by atoms with E-state index in [0.717, 1.165) is 28.3 Å². The Kier molecular flexibility index (Phi) is 5.77. The highest BCUT2D eigenvalue weighted by molar-refractivity contribution is 5.77. The van der Waals surface area contributed by atoms with E-state index in [1.165, 1.54) is 6.33 Å². The van der Waals surface area contributed by atoms with Crippen molar-refractivity contribution in [2.75, 3.05) is 14.2 Å². The number of benzene rings is 1. The van der Waals surface area contributed by atoms with Gasteiger partial charge in [0.15, 0.2) is 0 Å². The van der Waals surface area contributed by atoms with Gasteiger partial charge in [-0.2, -0.15) is 10.1 Å². The fraction of sp³-hybridized carbons (Fsp3) is 0.400. The molecule has 8 nitrogen and oxygen atoms in total. The number of nitrogens with one attached hydrogen (secondary N) is 1. The summed E-state index contributed by atoms with van der Waals surface area (Å²) in [6.07, 6.45) is 2.41. The normalized spacial score (nSPS) is 12.0. The van der Waals surface area contributed by atoms with Crippen LogP contribution in [0.3, 0.4) is 0 Å². The largest absolute Gasteiger partial charge is 0.497 e. The van der Waals surface area contributed by atoms with Gasteiger partial charge in [0, 0.05) is 23.4 Å². The summed E-state index contributed by atoms with van der Waals surface area (Å²) in [6, 6.07) is 5.33. The number of carbonyl (C=O) groups is 1. The summed E-state index contributed by atoms with van der Waals surface area (Å²) in [6.45, 7) is 5.82. The molecule has 0 aliphatic rings. The second-order valence-corrected chi connectivity index (χ2v) is 6.63. The summed E-state index contributed by atoms with van der Waals surface area (Å²) < 4.78 is 12.4. The fourth-order valence-corrected chi connectivity index (χ4v) is 3.32. The summed E-state index contributed by atoms with van der Waals surface area (Å²) in [4.78, 5) is 21.1. The van der Waals surface area contributed by atoms with Crippen LogP contribution < -0.4 is 14.8 Å². The molecule has 0 radical (unpaired) electrons. The quantitative estimate of drug-likeness (QED) is 0.674. The average Bonchev–Trinajstić information content (AvgIpc) is 3.15. The van der Waals surface area contributed by atoms with Crippen molar-refractivity contribution in [2.24, 2.45) is 0 Å². The molecule has 0 aliphatic carbocycles. The van der Waals surface area contributed by atoms with Gasteiger partial charge in [-0.05, 0) is 51.0 Å². The number of hydrogen-bond acceptors (Lipinski definition) is 6. The molecule has 2 aromatic heterocycles. The van der Waals surface area contributed by atoms with Crippen LogP contribution in [0.4, 0.5) is 0 Å². The van der Waals surface area contributed by atoms with Crippen molar-refractivity contribution in [3.63, 3.8) is 0 Å². The molecule has 0 unspecified atom stereocenters. The lowest BCUT2D eigenvalue weighted by atomic mass is 10.0. The smallest absolute Gasteiger partial charge is 0.252 e. The van der Waals surface area contributed by atoms with Crippen molar-refractivity contribution in [1.29, 1.82) is 0 Å². The number of fused-ring (bicyclic) bond motifs is 1. The summed E-state index contributed by atoms with van der Waals surface area (Å²) in [7, 11) is 3.22. The van der Waals surface area contributed by atoms with Crippen LogP contribution in [0, 0.1) is 13.8 Å². The molecule has 2 heterocycles. The number of amides is 1. The molecule has 8 heteroatoms. The van der Waals surface area contributed by atoms with Crippen molar-refractivity contribution in [2.45, 2.75) is 39.7 Å². The summed E-state index contributed by atoms with van der Waals surface area (Å²) in [5.74, 6) is 1.95. The highest BCUT2D eigenvalue weighted by atomic mass is 16.5. The molecule has 28 heavy (non-hydrogen) atoms. The second kappa shape index (κ2) is 8.24. The van der Waals surface area contributed by atoms with Gasteiger partial charge in [0.2, 0.25) is 5.91 Å². The van der Waals surface area contributed by atoms with Crippen LogP contribution in [0.25, 0.3) is 5.78 Å². The van der Waals surface area contributed by atoms with E-state index in [1.807, 2.05) is 39.0 Å². The molecule has 0 spiro atoms. The van der Waals surface area contributed by atoms with Gasteiger partial charge < -0.3 is 14.8 Å². The molecule has 148 valence electrons. The third-order valence-electron chi connectivity index (χ3n) is 4.87. The van der Waals surface area contributed by atoms with E-state index < -0.39 is 0 Å². The number of ether oxygens (including phenoxy) is 2. The van der Waals surface area contributed by atoms with Gasteiger partial charge in [0.25, 0.3) is 5.78 Å². The SMILES string of the molecule is COc1ccc(OC)c([C@H](C)NC(=O)CCc2c(C)nc3ncnn3c2C)c1. The Balaban J connectivity index is 1.70. The van der Waals surface area contributed by atoms with Crippen LogP contribution in [-0.4, -0.2) is 39.7 Å². The summed E-state index contributed by atoms with van der Waals surface area (Å²) in [5, 5.41) is 7.22. The molecule has 1 atom stereocenters. The van der Waals surface area contributed by atoms with E-state index in [1.54, 1.807) is 18.7 Å². The van der Waals surface area contributed by atoms with Crippen molar-refractivity contribution >= 4 is 11.7 Å². The van der Waals surface area contributed by atoms with Gasteiger partial charge in [0.05, 0.1) is 20.3 Å². The molecule has 1 aromatic carbocycles. The molecule has 3 aromatic rings. The third kappa shape index (κ3) is 3.90. The summed E-state index contributed by atoms with van der Waals surface area (Å²) >= 11 is 0. The van der Waals surface area contributed by atoms with Crippen molar-refractivity contribution < 1.29 is 14.3 Å². The standard InChI is InChI=1S/C20H25N5O3/c1-12-16(14(3)25-20(24-12)21-11-22-25)7-9-19(26)23-13(2)17-10-15(27-4)6-8-18(17)28-5/h6,8,10-11,13H,7,9H2,1-5H3,(H,23,26)/t13-/m0/s1. The van der Waals surface area contributed by atoms with E-state index in [9.17, 15) is 4.79 Å². The number of carbonyl (C=O) groups excluding carboxylic acids is 1. The summed E-state index contributed by atoms with van der Waals surface area (Å²) in [5.41, 5.74) is 3.71. The Hall–Kier alpha value is -3.16. The topological polar surface area (TPSA) is 90.6 Å². The van der Waals surface area contributed by atoms with Crippen molar-refractivity contribution in [3.8, 4) is 11.5 Å². The van der Waals surface area contributed by atoms with Crippen molar-refractivity contribution in [1.82, 2.24) is 24.9 Å². The fourth-order valence-electron chi connectivity index (χ4n) is 3.32. The van der Waals surface area contributed by atoms with E-state index in [4.69, 9.17) is 9.47 Å². The number of aromatic nitrogens is 4. The zero-order valence-corrected chi connectivity index (χ0v) is 16.8. The molecule has 0 aliphatic heterocycles. The first-order valence-corrected chi connectivity index (χ1v) is 9.11. The van der Waals surface area contributed by atoms with Crippen molar-refractivity contribution in [3.05, 3.63) is 47.0 Å². The second-order valence-electron chi connectivity index (χ2n) is 6.63. The molecule has 0 bridgehead atoms. The molecular weight excluding hydrogens is 358 g/mol. The zero-order valence-electron chi connectivity index (χ0n) is 16.8. The maximum absolute atomic E-state index is 12.6.